The van der Waals surface area contributed by atoms with E-state index in [0.717, 1.165) is 74.2 Å². The van der Waals surface area contributed by atoms with Crippen LogP contribution in [0.3, 0.4) is 0 Å². The number of rotatable bonds is 16. The van der Waals surface area contributed by atoms with Crippen LogP contribution in [-0.4, -0.2) is 78.1 Å². The van der Waals surface area contributed by atoms with Gasteiger partial charge in [-0.25, -0.2) is 18.4 Å². The molecule has 1 aromatic heterocycles. The number of nitro benzene ring substituents is 1. The SMILES string of the molecule is O=C(CC(CSc1ccccc1)Nc1ccc(S(=O)(=O)Nc2ncnc3cc(N4CCN(Cc5cc(Cl)ccc5-c5ccccc5)CC4)ccc23)cc1[N+](=O)[O-])NC1CCC1. The number of nitrogens with one attached hydrogen (secondary N) is 3. The van der Waals surface area contributed by atoms with Crippen molar-refractivity contribution in [3.63, 3.8) is 0 Å². The van der Waals surface area contributed by atoms with Crippen molar-refractivity contribution < 1.29 is 18.1 Å². The molecule has 0 bridgehead atoms. The Balaban J connectivity index is 0.943. The lowest BCUT2D eigenvalue weighted by Crippen LogP contribution is -2.46. The van der Waals surface area contributed by atoms with Crippen molar-refractivity contribution in [2.45, 2.75) is 54.1 Å². The molecule has 314 valence electrons. The molecule has 1 atom stereocenters. The van der Waals surface area contributed by atoms with E-state index in [4.69, 9.17) is 11.6 Å². The number of hydrogen-bond acceptors (Lipinski definition) is 11. The Morgan fingerprint density at radius 1 is 0.902 bits per heavy atom. The maximum atomic E-state index is 13.8. The number of carbonyl (C=O) groups is 1. The van der Waals surface area contributed by atoms with Gasteiger partial charge in [0.15, 0.2) is 5.82 Å². The molecule has 2 fully saturated rings. The Morgan fingerprint density at radius 3 is 2.38 bits per heavy atom. The number of carbonyl (C=O) groups excluding carboxylic acids is 1. The number of anilines is 3. The quantitative estimate of drug-likeness (QED) is 0.0485. The maximum Gasteiger partial charge on any atom is 0.293 e. The van der Waals surface area contributed by atoms with Gasteiger partial charge in [0.1, 0.15) is 12.0 Å². The van der Waals surface area contributed by atoms with E-state index in [-0.39, 0.29) is 34.8 Å². The summed E-state index contributed by atoms with van der Waals surface area (Å²) < 4.78 is 30.1. The van der Waals surface area contributed by atoms with Crippen molar-refractivity contribution in [1.82, 2.24) is 20.2 Å². The molecule has 1 aliphatic heterocycles. The van der Waals surface area contributed by atoms with Crippen LogP contribution in [0.25, 0.3) is 22.0 Å². The van der Waals surface area contributed by atoms with Gasteiger partial charge in [0, 0.05) is 84.0 Å². The fourth-order valence-electron chi connectivity index (χ4n) is 7.61. The number of sulfonamides is 1. The van der Waals surface area contributed by atoms with E-state index in [1.54, 1.807) is 6.07 Å². The summed E-state index contributed by atoms with van der Waals surface area (Å²) in [6, 6.07) is 35.0. The third-order valence-electron chi connectivity index (χ3n) is 11.1. The molecule has 8 rings (SSSR count). The summed E-state index contributed by atoms with van der Waals surface area (Å²) in [5, 5.41) is 19.8. The van der Waals surface area contributed by atoms with E-state index in [0.29, 0.717) is 21.7 Å². The largest absolute Gasteiger partial charge is 0.375 e. The summed E-state index contributed by atoms with van der Waals surface area (Å²) >= 11 is 7.95. The first-order chi connectivity index (χ1) is 29.6. The van der Waals surface area contributed by atoms with Crippen molar-refractivity contribution in [2.75, 3.05) is 46.9 Å². The summed E-state index contributed by atoms with van der Waals surface area (Å²) in [7, 11) is -4.33. The van der Waals surface area contributed by atoms with Crippen LogP contribution in [0.5, 0.6) is 0 Å². The number of fused-ring (bicyclic) bond motifs is 1. The van der Waals surface area contributed by atoms with E-state index in [1.807, 2.05) is 72.8 Å². The van der Waals surface area contributed by atoms with Gasteiger partial charge in [0.2, 0.25) is 5.91 Å². The second-order valence-electron chi connectivity index (χ2n) is 15.3. The van der Waals surface area contributed by atoms with Gasteiger partial charge in [-0.3, -0.25) is 24.5 Å². The zero-order valence-electron chi connectivity index (χ0n) is 33.2. The summed E-state index contributed by atoms with van der Waals surface area (Å²) in [5.74, 6) is 0.355. The van der Waals surface area contributed by atoms with E-state index in [1.165, 1.54) is 41.3 Å². The van der Waals surface area contributed by atoms with Crippen LogP contribution in [-0.2, 0) is 21.4 Å². The van der Waals surface area contributed by atoms with Crippen molar-refractivity contribution in [3.05, 3.63) is 142 Å². The predicted octanol–water partition coefficient (Wildman–Crippen LogP) is 8.61. The summed E-state index contributed by atoms with van der Waals surface area (Å²) in [6.45, 7) is 3.99. The van der Waals surface area contributed by atoms with E-state index >= 15 is 0 Å². The van der Waals surface area contributed by atoms with E-state index < -0.39 is 26.7 Å². The third-order valence-corrected chi connectivity index (χ3v) is 13.8. The molecule has 0 spiro atoms. The van der Waals surface area contributed by atoms with Crippen molar-refractivity contribution in [2.24, 2.45) is 0 Å². The van der Waals surface area contributed by atoms with Crippen molar-refractivity contribution in [3.8, 4) is 11.1 Å². The molecule has 5 aromatic carbocycles. The van der Waals surface area contributed by atoms with Gasteiger partial charge in [-0.05, 0) is 90.6 Å². The standard InChI is InChI=1S/C45H45ClN8O5S2/c46-33-14-17-39(31-8-3-1-4-9-31)32(24-33)28-52-20-22-53(23-21-52)36-15-18-40-42(26-36)47-30-48-45(40)51-61(58,59)38-16-19-41(43(27-38)54(56)57)49-35(25-44(55)50-34-10-7-11-34)29-60-37-12-5-2-6-13-37/h1-6,8-9,12-19,24,26-27,30,34-35,49H,7,10-11,20-23,25,28-29H2,(H,50,55)(H,47,48,51). The van der Waals surface area contributed by atoms with Gasteiger partial charge < -0.3 is 15.5 Å². The Labute approximate surface area is 364 Å². The Hall–Kier alpha value is -5.74. The van der Waals surface area contributed by atoms with Crippen molar-refractivity contribution >= 4 is 73.1 Å². The van der Waals surface area contributed by atoms with Crippen LogP contribution < -0.4 is 20.3 Å². The number of aromatic nitrogens is 2. The highest BCUT2D eigenvalue weighted by atomic mass is 35.5. The average molecular weight is 877 g/mol. The molecule has 16 heteroatoms. The first kappa shape index (κ1) is 42.0. The van der Waals surface area contributed by atoms with Crippen LogP contribution in [0.1, 0.15) is 31.2 Å². The molecule has 1 saturated carbocycles. The minimum absolute atomic E-state index is 0.0532. The molecule has 61 heavy (non-hydrogen) atoms. The Morgan fingerprint density at radius 2 is 1.66 bits per heavy atom. The Kier molecular flexibility index (Phi) is 13.0. The summed E-state index contributed by atoms with van der Waals surface area (Å²) in [6.07, 6.45) is 4.33. The number of thioether (sulfide) groups is 1. The molecule has 3 N–H and O–H groups in total. The van der Waals surface area contributed by atoms with Gasteiger partial charge in [-0.15, -0.1) is 11.8 Å². The highest BCUT2D eigenvalue weighted by Crippen LogP contribution is 2.33. The molecular formula is C45H45ClN8O5S2. The summed E-state index contributed by atoms with van der Waals surface area (Å²) in [5.41, 5.74) is 4.67. The number of hydrogen-bond donors (Lipinski definition) is 3. The Bertz CT molecular complexity index is 2630. The van der Waals surface area contributed by atoms with Gasteiger partial charge in [-0.2, -0.15) is 0 Å². The number of nitro groups is 1. The second kappa shape index (κ2) is 18.9. The van der Waals surface area contributed by atoms with E-state index in [2.05, 4.69) is 53.3 Å². The summed E-state index contributed by atoms with van der Waals surface area (Å²) in [4.78, 5) is 38.8. The van der Waals surface area contributed by atoms with Crippen LogP contribution >= 0.6 is 23.4 Å². The highest BCUT2D eigenvalue weighted by molar-refractivity contribution is 7.99. The fourth-order valence-corrected chi connectivity index (χ4v) is 9.80. The van der Waals surface area contributed by atoms with Gasteiger partial charge in [0.05, 0.1) is 15.3 Å². The molecule has 1 unspecified atom stereocenters. The molecule has 1 aliphatic carbocycles. The number of benzene rings is 5. The van der Waals surface area contributed by atoms with Crippen LogP contribution in [0.15, 0.2) is 131 Å². The fraction of sp³-hybridized carbons (Fsp3) is 0.267. The molecule has 2 aliphatic rings. The minimum atomic E-state index is -4.33. The topological polar surface area (TPSA) is 163 Å². The highest BCUT2D eigenvalue weighted by Gasteiger charge is 2.27. The molecule has 1 saturated heterocycles. The van der Waals surface area contributed by atoms with E-state index in [9.17, 15) is 23.3 Å². The molecule has 13 nitrogen and oxygen atoms in total. The number of piperazine rings is 1. The molecule has 2 heterocycles. The zero-order valence-corrected chi connectivity index (χ0v) is 35.6. The molecule has 1 amide bonds. The smallest absolute Gasteiger partial charge is 0.293 e. The first-order valence-corrected chi connectivity index (χ1v) is 23.0. The lowest BCUT2D eigenvalue weighted by Gasteiger charge is -2.36. The molecule has 6 aromatic rings. The monoisotopic (exact) mass is 876 g/mol. The average Bonchev–Trinajstić information content (AvgIpc) is 3.25. The van der Waals surface area contributed by atoms with Gasteiger partial charge in [0.25, 0.3) is 15.7 Å². The number of halogens is 1. The number of amides is 1. The van der Waals surface area contributed by atoms with Gasteiger partial charge in [-0.1, -0.05) is 66.2 Å². The maximum absolute atomic E-state index is 13.8. The first-order valence-electron chi connectivity index (χ1n) is 20.2. The zero-order chi connectivity index (χ0) is 42.3. The van der Waals surface area contributed by atoms with Crippen LogP contribution in [0, 0.1) is 10.1 Å². The molecular weight excluding hydrogens is 832 g/mol. The minimum Gasteiger partial charge on any atom is -0.375 e. The lowest BCUT2D eigenvalue weighted by atomic mass is 9.93. The van der Waals surface area contributed by atoms with Crippen LogP contribution in [0.4, 0.5) is 22.9 Å². The second-order valence-corrected chi connectivity index (χ2v) is 18.5. The normalized spacial score (nSPS) is 15.2. The molecule has 0 radical (unpaired) electrons. The number of nitrogens with zero attached hydrogens (tertiary/aromatic N) is 5. The lowest BCUT2D eigenvalue weighted by molar-refractivity contribution is -0.384. The van der Waals surface area contributed by atoms with Gasteiger partial charge >= 0.3 is 0 Å². The van der Waals surface area contributed by atoms with Crippen LogP contribution in [0.2, 0.25) is 5.02 Å². The van der Waals surface area contributed by atoms with Crippen molar-refractivity contribution in [1.29, 1.82) is 0 Å². The predicted molar refractivity (Wildman–Crippen MR) is 243 cm³/mol. The third kappa shape index (κ3) is 10.4.